The van der Waals surface area contributed by atoms with Gasteiger partial charge in [0, 0.05) is 28.2 Å². The van der Waals surface area contributed by atoms with E-state index in [1.807, 2.05) is 18.3 Å². The number of aromatic nitrogens is 1. The number of fused-ring (bicyclic) bond motifs is 1. The number of nitrogens with one attached hydrogen (secondary N) is 1. The molecule has 0 radical (unpaired) electrons. The van der Waals surface area contributed by atoms with E-state index < -0.39 is 0 Å². The van der Waals surface area contributed by atoms with E-state index in [4.69, 9.17) is 11.6 Å². The molecule has 2 unspecified atom stereocenters. The summed E-state index contributed by atoms with van der Waals surface area (Å²) in [6.45, 7) is 2.05. The van der Waals surface area contributed by atoms with E-state index >= 15 is 0 Å². The van der Waals surface area contributed by atoms with Crippen LogP contribution in [0.2, 0.25) is 5.02 Å². The third-order valence-electron chi connectivity index (χ3n) is 7.54. The van der Waals surface area contributed by atoms with Crippen molar-refractivity contribution in [2.75, 3.05) is 5.32 Å². The summed E-state index contributed by atoms with van der Waals surface area (Å²) in [5.74, 6) is 0.728. The number of nitrogens with zero attached hydrogens (tertiary/aromatic N) is 1. The Morgan fingerprint density at radius 1 is 1.16 bits per heavy atom. The average Bonchev–Trinajstić information content (AvgIpc) is 3.48. The van der Waals surface area contributed by atoms with Crippen LogP contribution in [0.15, 0.2) is 54.7 Å². The fourth-order valence-electron chi connectivity index (χ4n) is 5.63. The first-order chi connectivity index (χ1) is 14.9. The van der Waals surface area contributed by atoms with Gasteiger partial charge >= 0.3 is 0 Å². The minimum atomic E-state index is -0.211. The zero-order valence-corrected chi connectivity index (χ0v) is 18.3. The lowest BCUT2D eigenvalue weighted by Gasteiger charge is -2.31. The number of hydrogen-bond donors (Lipinski definition) is 1. The Labute approximate surface area is 187 Å². The summed E-state index contributed by atoms with van der Waals surface area (Å²) in [6.07, 6.45) is 7.37. The Morgan fingerprint density at radius 3 is 2.65 bits per heavy atom. The zero-order chi connectivity index (χ0) is 21.6. The van der Waals surface area contributed by atoms with Gasteiger partial charge in [-0.1, -0.05) is 18.5 Å². The predicted octanol–water partition coefficient (Wildman–Crippen LogP) is 6.97. The van der Waals surface area contributed by atoms with Gasteiger partial charge in [0.15, 0.2) is 0 Å². The van der Waals surface area contributed by atoms with Gasteiger partial charge in [0.05, 0.1) is 5.52 Å². The van der Waals surface area contributed by atoms with Gasteiger partial charge in [-0.2, -0.15) is 0 Å². The summed E-state index contributed by atoms with van der Waals surface area (Å²) >= 11 is 5.93. The number of hydrogen-bond acceptors (Lipinski definition) is 2. The maximum Gasteiger partial charge on any atom is 0.227 e. The minimum absolute atomic E-state index is 0.0110. The van der Waals surface area contributed by atoms with Crippen molar-refractivity contribution in [3.63, 3.8) is 0 Å². The molecular weight excluding hydrogens is 411 g/mol. The van der Waals surface area contributed by atoms with Crippen LogP contribution in [0.5, 0.6) is 0 Å². The second-order valence-corrected chi connectivity index (χ2v) is 9.73. The first kappa shape index (κ1) is 20.4. The van der Waals surface area contributed by atoms with Crippen molar-refractivity contribution in [2.24, 2.45) is 17.3 Å². The summed E-state index contributed by atoms with van der Waals surface area (Å²) in [5, 5.41) is 4.63. The lowest BCUT2D eigenvalue weighted by Crippen LogP contribution is -2.26. The van der Waals surface area contributed by atoms with Gasteiger partial charge in [-0.25, -0.2) is 4.39 Å². The van der Waals surface area contributed by atoms with E-state index in [1.54, 1.807) is 24.3 Å². The maximum atomic E-state index is 13.8. The molecule has 3 nitrogen and oxygen atoms in total. The highest BCUT2D eigenvalue weighted by Crippen LogP contribution is 2.65. The third-order valence-corrected chi connectivity index (χ3v) is 7.79. The fourth-order valence-corrected chi connectivity index (χ4v) is 5.76. The van der Waals surface area contributed by atoms with Crippen LogP contribution in [-0.4, -0.2) is 10.9 Å². The van der Waals surface area contributed by atoms with Crippen molar-refractivity contribution in [1.82, 2.24) is 4.98 Å². The standard InChI is InChI=1S/C26H26ClFN2O/c1-16(25(31)30-20-5-2-18(27)3-6-20)23-15-26(23)11-8-17(9-12-26)21-10-13-29-24-7-4-19(28)14-22(21)24/h2-7,10,13-14,16-17,23H,8-9,11-12,15H2,1H3,(H,30,31). The smallest absolute Gasteiger partial charge is 0.227 e. The van der Waals surface area contributed by atoms with Crippen molar-refractivity contribution in [3.8, 4) is 0 Å². The van der Waals surface area contributed by atoms with Crippen LogP contribution in [0.3, 0.4) is 0 Å². The van der Waals surface area contributed by atoms with Crippen LogP contribution in [-0.2, 0) is 4.79 Å². The van der Waals surface area contributed by atoms with Crippen LogP contribution in [0.4, 0.5) is 10.1 Å². The van der Waals surface area contributed by atoms with Crippen LogP contribution < -0.4 is 5.32 Å². The highest BCUT2D eigenvalue weighted by Gasteiger charge is 2.58. The van der Waals surface area contributed by atoms with Crippen LogP contribution in [0, 0.1) is 23.1 Å². The molecule has 0 bridgehead atoms. The van der Waals surface area contributed by atoms with Crippen LogP contribution >= 0.6 is 11.6 Å². The number of amides is 1. The Morgan fingerprint density at radius 2 is 1.90 bits per heavy atom. The summed E-state index contributed by atoms with van der Waals surface area (Å²) in [4.78, 5) is 17.2. The molecule has 3 aromatic rings. The molecule has 160 valence electrons. The fraction of sp³-hybridized carbons (Fsp3) is 0.385. The van der Waals surface area contributed by atoms with Crippen molar-refractivity contribution in [3.05, 3.63) is 71.1 Å². The molecule has 0 aliphatic heterocycles. The SMILES string of the molecule is CC(C(=O)Nc1ccc(Cl)cc1)C1CC12CCC(c1ccnc3ccc(F)cc13)CC2. The average molecular weight is 437 g/mol. The van der Waals surface area contributed by atoms with Crippen molar-refractivity contribution in [1.29, 1.82) is 0 Å². The van der Waals surface area contributed by atoms with E-state index in [2.05, 4.69) is 23.3 Å². The van der Waals surface area contributed by atoms with Gasteiger partial charge in [0.1, 0.15) is 5.82 Å². The van der Waals surface area contributed by atoms with Gasteiger partial charge in [-0.05, 0) is 103 Å². The van der Waals surface area contributed by atoms with E-state index in [0.717, 1.165) is 48.7 Å². The predicted molar refractivity (Wildman–Crippen MR) is 123 cm³/mol. The normalized spacial score (nSPS) is 26.0. The largest absolute Gasteiger partial charge is 0.326 e. The quantitative estimate of drug-likeness (QED) is 0.480. The first-order valence-corrected chi connectivity index (χ1v) is 11.4. The number of carbonyl (C=O) groups is 1. The summed E-state index contributed by atoms with van der Waals surface area (Å²) < 4.78 is 13.8. The molecule has 1 amide bonds. The van der Waals surface area contributed by atoms with E-state index in [-0.39, 0.29) is 17.6 Å². The molecule has 2 saturated carbocycles. The monoisotopic (exact) mass is 436 g/mol. The number of carbonyl (C=O) groups excluding carboxylic acids is 1. The van der Waals surface area contributed by atoms with Crippen LogP contribution in [0.25, 0.3) is 10.9 Å². The Hall–Kier alpha value is -2.46. The van der Waals surface area contributed by atoms with E-state index in [1.165, 1.54) is 11.6 Å². The molecule has 2 aliphatic rings. The second kappa shape index (κ2) is 7.90. The van der Waals surface area contributed by atoms with Gasteiger partial charge in [0.2, 0.25) is 5.91 Å². The van der Waals surface area contributed by atoms with Crippen molar-refractivity contribution >= 4 is 34.1 Å². The van der Waals surface area contributed by atoms with E-state index in [0.29, 0.717) is 22.3 Å². The molecule has 5 heteroatoms. The van der Waals surface area contributed by atoms with Gasteiger partial charge in [-0.3, -0.25) is 9.78 Å². The minimum Gasteiger partial charge on any atom is -0.326 e. The Bertz CT molecular complexity index is 1120. The number of halogens is 2. The van der Waals surface area contributed by atoms with Crippen LogP contribution in [0.1, 0.15) is 50.5 Å². The molecule has 31 heavy (non-hydrogen) atoms. The molecule has 1 aromatic heterocycles. The topological polar surface area (TPSA) is 42.0 Å². The molecular formula is C26H26ClFN2O. The molecule has 5 rings (SSSR count). The Kier molecular flexibility index (Phi) is 5.21. The third kappa shape index (κ3) is 3.94. The summed E-state index contributed by atoms with van der Waals surface area (Å²) in [7, 11) is 0. The molecule has 2 aliphatic carbocycles. The first-order valence-electron chi connectivity index (χ1n) is 11.1. The molecule has 1 heterocycles. The van der Waals surface area contributed by atoms with E-state index in [9.17, 15) is 9.18 Å². The number of benzene rings is 2. The van der Waals surface area contributed by atoms with Crippen molar-refractivity contribution < 1.29 is 9.18 Å². The summed E-state index contributed by atoms with van der Waals surface area (Å²) in [5.41, 5.74) is 3.15. The highest BCUT2D eigenvalue weighted by molar-refractivity contribution is 6.30. The molecule has 0 saturated heterocycles. The molecule has 1 N–H and O–H groups in total. The van der Waals surface area contributed by atoms with Crippen molar-refractivity contribution in [2.45, 2.75) is 44.9 Å². The lowest BCUT2D eigenvalue weighted by atomic mass is 9.74. The number of pyridine rings is 1. The number of rotatable bonds is 4. The molecule has 1 spiro atoms. The van der Waals surface area contributed by atoms with Gasteiger partial charge in [0.25, 0.3) is 0 Å². The van der Waals surface area contributed by atoms with Gasteiger partial charge in [-0.15, -0.1) is 0 Å². The highest BCUT2D eigenvalue weighted by atomic mass is 35.5. The maximum absolute atomic E-state index is 13.8. The lowest BCUT2D eigenvalue weighted by molar-refractivity contribution is -0.120. The Balaban J connectivity index is 1.24. The summed E-state index contributed by atoms with van der Waals surface area (Å²) in [6, 6.07) is 14.1. The zero-order valence-electron chi connectivity index (χ0n) is 17.6. The molecule has 2 atom stereocenters. The number of anilines is 1. The second-order valence-electron chi connectivity index (χ2n) is 9.29. The molecule has 2 aromatic carbocycles. The van der Waals surface area contributed by atoms with Gasteiger partial charge < -0.3 is 5.32 Å². The molecule has 2 fully saturated rings.